The minimum atomic E-state index is -1.04. The minimum Gasteiger partial charge on any atom is -0.480 e. The first-order valence-corrected chi connectivity index (χ1v) is 7.52. The molecule has 1 aromatic rings. The largest absolute Gasteiger partial charge is 0.480 e. The van der Waals surface area contributed by atoms with Crippen molar-refractivity contribution < 1.29 is 19.1 Å². The van der Waals surface area contributed by atoms with Crippen LogP contribution in [0.25, 0.3) is 0 Å². The minimum absolute atomic E-state index is 0.0673. The highest BCUT2D eigenvalue weighted by molar-refractivity contribution is 8.00. The lowest BCUT2D eigenvalue weighted by molar-refractivity contribution is -0.141. The van der Waals surface area contributed by atoms with Gasteiger partial charge in [-0.3, -0.25) is 4.79 Å². The summed E-state index contributed by atoms with van der Waals surface area (Å²) in [4.78, 5) is 25.1. The first kappa shape index (κ1) is 14.8. The predicted molar refractivity (Wildman–Crippen MR) is 75.1 cm³/mol. The van der Waals surface area contributed by atoms with E-state index in [-0.39, 0.29) is 10.9 Å². The second-order valence-corrected chi connectivity index (χ2v) is 5.83. The molecule has 1 aliphatic heterocycles. The van der Waals surface area contributed by atoms with E-state index in [4.69, 9.17) is 0 Å². The van der Waals surface area contributed by atoms with Crippen molar-refractivity contribution in [3.05, 3.63) is 35.6 Å². The summed E-state index contributed by atoms with van der Waals surface area (Å²) in [7, 11) is 0. The SMILES string of the molecule is CCC[C@@H]1SC[C@H](C(=O)O)N1C(=O)c1ccccc1F. The average molecular weight is 297 g/mol. The smallest absolute Gasteiger partial charge is 0.327 e. The molecule has 108 valence electrons. The molecule has 1 fully saturated rings. The molecule has 0 radical (unpaired) electrons. The van der Waals surface area contributed by atoms with Gasteiger partial charge in [-0.25, -0.2) is 9.18 Å². The number of carboxylic acids is 1. The molecule has 4 nitrogen and oxygen atoms in total. The van der Waals surface area contributed by atoms with Crippen molar-refractivity contribution in [2.45, 2.75) is 31.2 Å². The van der Waals surface area contributed by atoms with Crippen LogP contribution in [-0.2, 0) is 4.79 Å². The van der Waals surface area contributed by atoms with Crippen molar-refractivity contribution in [2.24, 2.45) is 0 Å². The number of carbonyl (C=O) groups is 2. The summed E-state index contributed by atoms with van der Waals surface area (Å²) in [5, 5.41) is 9.03. The molecule has 1 N–H and O–H groups in total. The Kier molecular flexibility index (Phi) is 4.65. The lowest BCUT2D eigenvalue weighted by Gasteiger charge is -2.27. The lowest BCUT2D eigenvalue weighted by atomic mass is 10.1. The number of hydrogen-bond donors (Lipinski definition) is 1. The Labute approximate surface area is 121 Å². The van der Waals surface area contributed by atoms with Crippen molar-refractivity contribution in [1.82, 2.24) is 4.90 Å². The van der Waals surface area contributed by atoms with Crippen molar-refractivity contribution in [1.29, 1.82) is 0 Å². The topological polar surface area (TPSA) is 57.6 Å². The summed E-state index contributed by atoms with van der Waals surface area (Å²) in [6.07, 6.45) is 1.54. The fourth-order valence-electron chi connectivity index (χ4n) is 2.27. The van der Waals surface area contributed by atoms with Gasteiger partial charge >= 0.3 is 5.97 Å². The van der Waals surface area contributed by atoms with E-state index >= 15 is 0 Å². The number of carbonyl (C=O) groups excluding carboxylic acids is 1. The number of halogens is 1. The van der Waals surface area contributed by atoms with Crippen LogP contribution >= 0.6 is 11.8 Å². The second kappa shape index (κ2) is 6.26. The van der Waals surface area contributed by atoms with Crippen LogP contribution in [0, 0.1) is 5.82 Å². The Balaban J connectivity index is 2.32. The standard InChI is InChI=1S/C14H16FNO3S/c1-2-5-12-16(11(8-20-12)14(18)19)13(17)9-6-3-4-7-10(9)15/h3-4,6-7,11-12H,2,5,8H2,1H3,(H,18,19)/t11-,12+/m1/s1. The average Bonchev–Trinajstić information content (AvgIpc) is 2.83. The van der Waals surface area contributed by atoms with Gasteiger partial charge in [-0.15, -0.1) is 11.8 Å². The highest BCUT2D eigenvalue weighted by atomic mass is 32.2. The molecule has 6 heteroatoms. The number of nitrogens with zero attached hydrogens (tertiary/aromatic N) is 1. The van der Waals surface area contributed by atoms with E-state index in [0.717, 1.165) is 6.42 Å². The molecule has 2 rings (SSSR count). The molecule has 1 saturated heterocycles. The van der Waals surface area contributed by atoms with Crippen LogP contribution in [0.2, 0.25) is 0 Å². The van der Waals surface area contributed by atoms with E-state index in [1.807, 2.05) is 6.92 Å². The van der Waals surface area contributed by atoms with Crippen molar-refractivity contribution in [3.8, 4) is 0 Å². The molecular formula is C14H16FNO3S. The molecule has 0 spiro atoms. The van der Waals surface area contributed by atoms with Gasteiger partial charge in [0.05, 0.1) is 10.9 Å². The number of rotatable bonds is 4. The highest BCUT2D eigenvalue weighted by Gasteiger charge is 2.41. The van der Waals surface area contributed by atoms with E-state index in [1.165, 1.54) is 34.9 Å². The summed E-state index contributed by atoms with van der Waals surface area (Å²) < 4.78 is 13.7. The van der Waals surface area contributed by atoms with Gasteiger partial charge in [-0.2, -0.15) is 0 Å². The maximum absolute atomic E-state index is 13.7. The van der Waals surface area contributed by atoms with Crippen molar-refractivity contribution in [3.63, 3.8) is 0 Å². The number of benzene rings is 1. The van der Waals surface area contributed by atoms with Gasteiger partial charge in [0.2, 0.25) is 0 Å². The second-order valence-electron chi connectivity index (χ2n) is 4.62. The molecule has 20 heavy (non-hydrogen) atoms. The van der Waals surface area contributed by atoms with Crippen LogP contribution in [0.3, 0.4) is 0 Å². The number of amides is 1. The molecule has 1 aromatic carbocycles. The first-order valence-electron chi connectivity index (χ1n) is 6.47. The molecule has 0 aliphatic carbocycles. The summed E-state index contributed by atoms with van der Waals surface area (Å²) in [5.74, 6) is -1.85. The number of carboxylic acid groups (broad SMARTS) is 1. The fourth-order valence-corrected chi connectivity index (χ4v) is 3.78. The Hall–Kier alpha value is -1.56. The molecule has 1 heterocycles. The van der Waals surface area contributed by atoms with Crippen molar-refractivity contribution >= 4 is 23.6 Å². The molecule has 2 atom stereocenters. The monoisotopic (exact) mass is 297 g/mol. The normalized spacial score (nSPS) is 22.0. The maximum Gasteiger partial charge on any atom is 0.327 e. The third-order valence-electron chi connectivity index (χ3n) is 3.25. The first-order chi connectivity index (χ1) is 9.56. The highest BCUT2D eigenvalue weighted by Crippen LogP contribution is 2.33. The van der Waals surface area contributed by atoms with E-state index < -0.39 is 23.7 Å². The molecule has 0 saturated carbocycles. The zero-order chi connectivity index (χ0) is 14.7. The van der Waals surface area contributed by atoms with Crippen LogP contribution in [-0.4, -0.2) is 39.1 Å². The Bertz CT molecular complexity index is 523. The summed E-state index contributed by atoms with van der Waals surface area (Å²) in [5.41, 5.74) is -0.0673. The Morgan fingerprint density at radius 1 is 1.45 bits per heavy atom. The van der Waals surface area contributed by atoms with Crippen LogP contribution < -0.4 is 0 Å². The molecule has 0 aromatic heterocycles. The van der Waals surface area contributed by atoms with E-state index in [1.54, 1.807) is 6.07 Å². The third kappa shape index (κ3) is 2.80. The zero-order valence-corrected chi connectivity index (χ0v) is 11.9. The van der Waals surface area contributed by atoms with Gasteiger partial charge in [-0.1, -0.05) is 25.5 Å². The molecule has 1 amide bonds. The summed E-state index contributed by atoms with van der Waals surface area (Å²) >= 11 is 1.44. The quantitative estimate of drug-likeness (QED) is 0.928. The van der Waals surface area contributed by atoms with Gasteiger partial charge in [0.1, 0.15) is 11.9 Å². The van der Waals surface area contributed by atoms with Crippen LogP contribution in [0.15, 0.2) is 24.3 Å². The van der Waals surface area contributed by atoms with E-state index in [2.05, 4.69) is 0 Å². The number of aliphatic carboxylic acids is 1. The third-order valence-corrected chi connectivity index (χ3v) is 4.61. The van der Waals surface area contributed by atoms with Gasteiger partial charge in [0.25, 0.3) is 5.91 Å². The maximum atomic E-state index is 13.7. The summed E-state index contributed by atoms with van der Waals surface area (Å²) in [6, 6.07) is 4.79. The molecule has 1 aliphatic rings. The Morgan fingerprint density at radius 2 is 2.15 bits per heavy atom. The molecule has 0 bridgehead atoms. The fraction of sp³-hybridized carbons (Fsp3) is 0.429. The Morgan fingerprint density at radius 3 is 2.75 bits per heavy atom. The van der Waals surface area contributed by atoms with Crippen LogP contribution in [0.4, 0.5) is 4.39 Å². The van der Waals surface area contributed by atoms with Crippen LogP contribution in [0.1, 0.15) is 30.1 Å². The number of hydrogen-bond acceptors (Lipinski definition) is 3. The van der Waals surface area contributed by atoms with E-state index in [0.29, 0.717) is 12.2 Å². The summed E-state index contributed by atoms with van der Waals surface area (Å²) in [6.45, 7) is 1.97. The molecule has 0 unspecified atom stereocenters. The number of thioether (sulfide) groups is 1. The van der Waals surface area contributed by atoms with Gasteiger partial charge in [-0.05, 0) is 18.6 Å². The van der Waals surface area contributed by atoms with Gasteiger partial charge in [0, 0.05) is 5.75 Å². The van der Waals surface area contributed by atoms with Gasteiger partial charge in [0.15, 0.2) is 0 Å². The van der Waals surface area contributed by atoms with E-state index in [9.17, 15) is 19.1 Å². The van der Waals surface area contributed by atoms with Gasteiger partial charge < -0.3 is 10.0 Å². The van der Waals surface area contributed by atoms with Crippen molar-refractivity contribution in [2.75, 3.05) is 5.75 Å². The predicted octanol–water partition coefficient (Wildman–Crippen LogP) is 2.59. The zero-order valence-electron chi connectivity index (χ0n) is 11.1. The molecular weight excluding hydrogens is 281 g/mol. The lowest BCUT2D eigenvalue weighted by Crippen LogP contribution is -2.45. The van der Waals surface area contributed by atoms with Crippen LogP contribution in [0.5, 0.6) is 0 Å².